The van der Waals surface area contributed by atoms with Crippen LogP contribution in [0.15, 0.2) is 11.1 Å². The predicted molar refractivity (Wildman–Crippen MR) is 55.4 cm³/mol. The van der Waals surface area contributed by atoms with Gasteiger partial charge in [0.2, 0.25) is 0 Å². The van der Waals surface area contributed by atoms with Crippen LogP contribution < -0.4 is 0 Å². The summed E-state index contributed by atoms with van der Waals surface area (Å²) in [4.78, 5) is 0. The molecule has 0 aliphatic heterocycles. The molecule has 2 bridgehead atoms. The van der Waals surface area contributed by atoms with E-state index >= 15 is 0 Å². The average Bonchev–Trinajstić information content (AvgIpc) is 2.63. The Bertz CT molecular complexity index is 235. The van der Waals surface area contributed by atoms with Gasteiger partial charge < -0.3 is 0 Å². The number of hydrogen-bond donors (Lipinski definition) is 0. The molecule has 0 nitrogen and oxygen atoms in total. The Labute approximate surface area is 81.4 Å². The van der Waals surface area contributed by atoms with Gasteiger partial charge in [0.25, 0.3) is 0 Å². The normalized spacial score (nSPS) is 46.6. The zero-order valence-electron chi connectivity index (χ0n) is 8.84. The third-order valence-electron chi connectivity index (χ3n) is 4.90. The summed E-state index contributed by atoms with van der Waals surface area (Å²) >= 11 is 0. The third-order valence-corrected chi connectivity index (χ3v) is 4.90. The molecule has 0 spiro atoms. The summed E-state index contributed by atoms with van der Waals surface area (Å²) in [6.07, 6.45) is 7.35. The molecule has 0 aromatic rings. The van der Waals surface area contributed by atoms with Crippen LogP contribution in [-0.2, 0) is 0 Å². The molecule has 13 heavy (non-hydrogen) atoms. The molecule has 3 rings (SSSR count). The minimum absolute atomic E-state index is 1.07. The van der Waals surface area contributed by atoms with Crippen LogP contribution in [0, 0.1) is 23.7 Å². The van der Waals surface area contributed by atoms with Gasteiger partial charge in [-0.2, -0.15) is 0 Å². The van der Waals surface area contributed by atoms with Crippen molar-refractivity contribution in [3.63, 3.8) is 0 Å². The highest BCUT2D eigenvalue weighted by atomic mass is 14.6. The molecule has 0 saturated heterocycles. The zero-order valence-corrected chi connectivity index (χ0v) is 8.84. The first kappa shape index (κ1) is 8.08. The number of allylic oxidation sites excluding steroid dienone is 2. The zero-order chi connectivity index (χ0) is 9.00. The highest BCUT2D eigenvalue weighted by Gasteiger charge is 2.55. The molecule has 2 saturated carbocycles. The van der Waals surface area contributed by atoms with Gasteiger partial charge in [0.05, 0.1) is 0 Å². The molecule has 0 N–H and O–H groups in total. The fourth-order valence-electron chi connectivity index (χ4n) is 4.55. The van der Waals surface area contributed by atoms with E-state index in [0.29, 0.717) is 0 Å². The van der Waals surface area contributed by atoms with Gasteiger partial charge >= 0.3 is 0 Å². The Morgan fingerprint density at radius 1 is 0.923 bits per heavy atom. The fourth-order valence-corrected chi connectivity index (χ4v) is 4.55. The van der Waals surface area contributed by atoms with E-state index in [4.69, 9.17) is 0 Å². The van der Waals surface area contributed by atoms with Crippen LogP contribution in [0.5, 0.6) is 0 Å². The van der Waals surface area contributed by atoms with Gasteiger partial charge in [0.15, 0.2) is 0 Å². The Morgan fingerprint density at radius 2 is 1.38 bits per heavy atom. The van der Waals surface area contributed by atoms with Crippen molar-refractivity contribution in [1.82, 2.24) is 0 Å². The molecule has 0 aromatic heterocycles. The number of hydrogen-bond acceptors (Lipinski definition) is 0. The maximum absolute atomic E-state index is 2.35. The monoisotopic (exact) mass is 176 g/mol. The first-order valence-corrected chi connectivity index (χ1v) is 6.08. The van der Waals surface area contributed by atoms with Gasteiger partial charge in [0, 0.05) is 0 Å². The Hall–Kier alpha value is -0.260. The first-order chi connectivity index (χ1) is 6.36. The molecule has 2 fully saturated rings. The van der Waals surface area contributed by atoms with Crippen molar-refractivity contribution >= 4 is 0 Å². The molecule has 0 heteroatoms. The topological polar surface area (TPSA) is 0 Å². The van der Waals surface area contributed by atoms with Gasteiger partial charge in [-0.25, -0.2) is 0 Å². The lowest BCUT2D eigenvalue weighted by Crippen LogP contribution is -2.35. The summed E-state index contributed by atoms with van der Waals surface area (Å²) in [5, 5.41) is 0. The van der Waals surface area contributed by atoms with Crippen molar-refractivity contribution in [1.29, 1.82) is 0 Å². The van der Waals surface area contributed by atoms with Crippen molar-refractivity contribution in [3.05, 3.63) is 11.1 Å². The predicted octanol–water partition coefficient (Wildman–Crippen LogP) is 3.78. The SMILES string of the molecule is CCC1=C(CC)[C@H]2[C@@H]3CC[C@@H](C3)[C@@H]12. The van der Waals surface area contributed by atoms with E-state index in [9.17, 15) is 0 Å². The second-order valence-electron chi connectivity index (χ2n) is 5.14. The van der Waals surface area contributed by atoms with Crippen molar-refractivity contribution in [3.8, 4) is 0 Å². The number of fused-ring (bicyclic) bond motifs is 5. The van der Waals surface area contributed by atoms with Crippen LogP contribution in [0.25, 0.3) is 0 Å². The molecule has 0 amide bonds. The van der Waals surface area contributed by atoms with E-state index < -0.39 is 0 Å². The van der Waals surface area contributed by atoms with Crippen LogP contribution in [-0.4, -0.2) is 0 Å². The maximum Gasteiger partial charge on any atom is -0.0104 e. The molecule has 3 aliphatic rings. The van der Waals surface area contributed by atoms with Crippen molar-refractivity contribution in [2.24, 2.45) is 23.7 Å². The fraction of sp³-hybridized carbons (Fsp3) is 0.846. The molecule has 0 radical (unpaired) electrons. The van der Waals surface area contributed by atoms with Crippen molar-refractivity contribution < 1.29 is 0 Å². The molecule has 0 unspecified atom stereocenters. The van der Waals surface area contributed by atoms with Crippen LogP contribution in [0.2, 0.25) is 0 Å². The van der Waals surface area contributed by atoms with Gasteiger partial charge in [-0.1, -0.05) is 25.0 Å². The highest BCUT2D eigenvalue weighted by Crippen LogP contribution is 2.64. The largest absolute Gasteiger partial charge is 0.0670 e. The van der Waals surface area contributed by atoms with E-state index in [1.807, 2.05) is 11.1 Å². The van der Waals surface area contributed by atoms with E-state index in [1.54, 1.807) is 19.3 Å². The lowest BCUT2D eigenvalue weighted by atomic mass is 9.60. The summed E-state index contributed by atoms with van der Waals surface area (Å²) in [6.45, 7) is 4.71. The van der Waals surface area contributed by atoms with Gasteiger partial charge in [0.1, 0.15) is 0 Å². The summed E-state index contributed by atoms with van der Waals surface area (Å²) in [5.74, 6) is 4.36. The number of rotatable bonds is 2. The van der Waals surface area contributed by atoms with Gasteiger partial charge in [-0.3, -0.25) is 0 Å². The molecule has 72 valence electrons. The van der Waals surface area contributed by atoms with Gasteiger partial charge in [-0.05, 0) is 55.8 Å². The van der Waals surface area contributed by atoms with E-state index in [2.05, 4.69) is 13.8 Å². The second-order valence-corrected chi connectivity index (χ2v) is 5.14. The Kier molecular flexibility index (Phi) is 1.63. The van der Waals surface area contributed by atoms with Crippen molar-refractivity contribution in [2.75, 3.05) is 0 Å². The standard InChI is InChI=1S/C13H20/c1-3-10-11(4-2)13-9-6-5-8(7-9)12(10)13/h8-9,12-13H,3-7H2,1-2H3/t8-,9+,12-,13+. The molecule has 4 atom stereocenters. The molecule has 3 aliphatic carbocycles. The summed E-state index contributed by atoms with van der Waals surface area (Å²) in [7, 11) is 0. The molecular weight excluding hydrogens is 156 g/mol. The minimum Gasteiger partial charge on any atom is -0.0670 e. The summed E-state index contributed by atoms with van der Waals surface area (Å²) in [5.41, 5.74) is 3.75. The summed E-state index contributed by atoms with van der Waals surface area (Å²) < 4.78 is 0. The Morgan fingerprint density at radius 3 is 1.77 bits per heavy atom. The minimum atomic E-state index is 1.07. The lowest BCUT2D eigenvalue weighted by molar-refractivity contribution is 0.234. The molecule has 0 heterocycles. The maximum atomic E-state index is 2.35. The average molecular weight is 176 g/mol. The Balaban J connectivity index is 1.94. The van der Waals surface area contributed by atoms with Crippen molar-refractivity contribution in [2.45, 2.75) is 46.0 Å². The smallest absolute Gasteiger partial charge is 0.0104 e. The lowest BCUT2D eigenvalue weighted by Gasteiger charge is -2.45. The first-order valence-electron chi connectivity index (χ1n) is 6.08. The van der Waals surface area contributed by atoms with E-state index in [1.165, 1.54) is 12.8 Å². The van der Waals surface area contributed by atoms with Crippen LogP contribution in [0.3, 0.4) is 0 Å². The van der Waals surface area contributed by atoms with Crippen LogP contribution >= 0.6 is 0 Å². The van der Waals surface area contributed by atoms with E-state index in [-0.39, 0.29) is 0 Å². The second kappa shape index (κ2) is 2.62. The van der Waals surface area contributed by atoms with Crippen LogP contribution in [0.1, 0.15) is 46.0 Å². The summed E-state index contributed by atoms with van der Waals surface area (Å²) in [6, 6.07) is 0. The quantitative estimate of drug-likeness (QED) is 0.562. The molecular formula is C13H20. The highest BCUT2D eigenvalue weighted by molar-refractivity contribution is 5.37. The van der Waals surface area contributed by atoms with Gasteiger partial charge in [-0.15, -0.1) is 0 Å². The third kappa shape index (κ3) is 0.825. The van der Waals surface area contributed by atoms with E-state index in [0.717, 1.165) is 23.7 Å². The molecule has 0 aromatic carbocycles. The van der Waals surface area contributed by atoms with Crippen LogP contribution in [0.4, 0.5) is 0 Å².